The van der Waals surface area contributed by atoms with Crippen LogP contribution in [0.2, 0.25) is 5.02 Å². The van der Waals surface area contributed by atoms with Crippen LogP contribution in [0.25, 0.3) is 11.3 Å². The van der Waals surface area contributed by atoms with Crippen molar-refractivity contribution in [1.29, 1.82) is 0 Å². The molecule has 0 aliphatic carbocycles. The second-order valence-corrected chi connectivity index (χ2v) is 11.6. The Morgan fingerprint density at radius 1 is 1.18 bits per heavy atom. The van der Waals surface area contributed by atoms with E-state index in [4.69, 9.17) is 31.0 Å². The molecule has 224 valence electrons. The van der Waals surface area contributed by atoms with E-state index in [9.17, 15) is 9.59 Å². The summed E-state index contributed by atoms with van der Waals surface area (Å²) in [5.74, 6) is 7.15. The Morgan fingerprint density at radius 2 is 2.05 bits per heavy atom. The SMILES string of the molecule is CC#CC(=O)N1CCN2c3ncc(-c4ccc(OC)c(Nc5ncc(C(=O)Nc6c(C)cccc6Cl)s5)n4)cc3OC[C@@H]2C1. The van der Waals surface area contributed by atoms with Crippen LogP contribution in [0.4, 0.5) is 22.5 Å². The first-order valence-electron chi connectivity index (χ1n) is 13.8. The minimum absolute atomic E-state index is 0.00564. The summed E-state index contributed by atoms with van der Waals surface area (Å²) >= 11 is 7.45. The van der Waals surface area contributed by atoms with Gasteiger partial charge in [-0.3, -0.25) is 9.59 Å². The molecule has 4 aromatic rings. The highest BCUT2D eigenvalue weighted by Crippen LogP contribution is 2.37. The third-order valence-corrected chi connectivity index (χ3v) is 8.55. The topological polar surface area (TPSA) is 122 Å². The Morgan fingerprint density at radius 3 is 2.84 bits per heavy atom. The molecule has 2 aliphatic heterocycles. The van der Waals surface area contributed by atoms with Gasteiger partial charge >= 0.3 is 0 Å². The summed E-state index contributed by atoms with van der Waals surface area (Å²) in [5, 5.41) is 6.98. The van der Waals surface area contributed by atoms with Crippen LogP contribution >= 0.6 is 22.9 Å². The van der Waals surface area contributed by atoms with Crippen LogP contribution in [0.3, 0.4) is 0 Å². The van der Waals surface area contributed by atoms with Crippen LogP contribution in [-0.2, 0) is 4.79 Å². The number of ether oxygens (including phenoxy) is 2. The highest BCUT2D eigenvalue weighted by Gasteiger charge is 2.35. The molecular formula is C31H28ClN7O4S. The monoisotopic (exact) mass is 629 g/mol. The number of nitrogens with one attached hydrogen (secondary N) is 2. The number of hydrogen-bond acceptors (Lipinski definition) is 10. The van der Waals surface area contributed by atoms with Gasteiger partial charge in [0.15, 0.2) is 28.3 Å². The number of para-hydroxylation sites is 1. The molecule has 3 aromatic heterocycles. The second-order valence-electron chi connectivity index (χ2n) is 10.1. The molecule has 1 saturated heterocycles. The van der Waals surface area contributed by atoms with Gasteiger partial charge in [0, 0.05) is 31.4 Å². The van der Waals surface area contributed by atoms with Gasteiger partial charge in [0.1, 0.15) is 11.5 Å². The molecule has 0 bridgehead atoms. The van der Waals surface area contributed by atoms with Gasteiger partial charge < -0.3 is 29.9 Å². The van der Waals surface area contributed by atoms with Crippen LogP contribution in [0.5, 0.6) is 11.5 Å². The summed E-state index contributed by atoms with van der Waals surface area (Å²) in [6.45, 7) is 5.72. The van der Waals surface area contributed by atoms with Gasteiger partial charge in [-0.2, -0.15) is 0 Å². The molecule has 6 rings (SSSR count). The number of anilines is 4. The molecule has 1 atom stereocenters. The van der Waals surface area contributed by atoms with E-state index in [-0.39, 0.29) is 17.9 Å². The number of piperazine rings is 1. The molecule has 0 radical (unpaired) electrons. The van der Waals surface area contributed by atoms with Gasteiger partial charge in [0.25, 0.3) is 11.8 Å². The Hall–Kier alpha value is -4.86. The van der Waals surface area contributed by atoms with E-state index in [0.717, 1.165) is 16.9 Å². The van der Waals surface area contributed by atoms with E-state index < -0.39 is 0 Å². The number of hydrogen-bond donors (Lipinski definition) is 2. The van der Waals surface area contributed by atoms with Crippen molar-refractivity contribution in [3.63, 3.8) is 0 Å². The zero-order valence-electron chi connectivity index (χ0n) is 24.2. The van der Waals surface area contributed by atoms with Gasteiger partial charge in [-0.25, -0.2) is 15.0 Å². The molecule has 44 heavy (non-hydrogen) atoms. The number of methoxy groups -OCH3 is 1. The zero-order valence-corrected chi connectivity index (χ0v) is 25.8. The molecule has 13 heteroatoms. The maximum absolute atomic E-state index is 12.9. The van der Waals surface area contributed by atoms with E-state index in [1.807, 2.05) is 31.2 Å². The van der Waals surface area contributed by atoms with Crippen LogP contribution < -0.4 is 25.0 Å². The van der Waals surface area contributed by atoms with E-state index >= 15 is 0 Å². The molecule has 0 spiro atoms. The van der Waals surface area contributed by atoms with E-state index in [0.29, 0.717) is 70.0 Å². The number of aryl methyl sites for hydroxylation is 1. The fraction of sp³-hybridized carbons (Fsp3) is 0.258. The smallest absolute Gasteiger partial charge is 0.298 e. The van der Waals surface area contributed by atoms with Gasteiger partial charge in [-0.1, -0.05) is 41.0 Å². The van der Waals surface area contributed by atoms with Crippen LogP contribution in [0, 0.1) is 18.8 Å². The van der Waals surface area contributed by atoms with Crippen molar-refractivity contribution >= 4 is 57.2 Å². The van der Waals surface area contributed by atoms with Crippen molar-refractivity contribution in [3.05, 3.63) is 64.3 Å². The van der Waals surface area contributed by atoms with Gasteiger partial charge in [-0.05, 0) is 49.6 Å². The molecule has 2 aliphatic rings. The number of carbonyl (C=O) groups excluding carboxylic acids is 2. The molecular weight excluding hydrogens is 602 g/mol. The first-order valence-corrected chi connectivity index (χ1v) is 15.0. The Bertz CT molecular complexity index is 1800. The van der Waals surface area contributed by atoms with Crippen molar-refractivity contribution in [3.8, 4) is 34.6 Å². The predicted octanol–water partition coefficient (Wildman–Crippen LogP) is 5.00. The fourth-order valence-electron chi connectivity index (χ4n) is 5.10. The lowest BCUT2D eigenvalue weighted by Crippen LogP contribution is -2.58. The average Bonchev–Trinajstić information content (AvgIpc) is 3.51. The lowest BCUT2D eigenvalue weighted by molar-refractivity contribution is -0.126. The zero-order chi connectivity index (χ0) is 30.8. The van der Waals surface area contributed by atoms with Crippen LogP contribution in [0.1, 0.15) is 22.2 Å². The maximum Gasteiger partial charge on any atom is 0.298 e. The average molecular weight is 630 g/mol. The van der Waals surface area contributed by atoms with Crippen molar-refractivity contribution in [1.82, 2.24) is 19.9 Å². The molecule has 2 N–H and O–H groups in total. The van der Waals surface area contributed by atoms with Gasteiger partial charge in [0.05, 0.1) is 35.8 Å². The van der Waals surface area contributed by atoms with Gasteiger partial charge in [0.2, 0.25) is 0 Å². The lowest BCUT2D eigenvalue weighted by atomic mass is 10.1. The summed E-state index contributed by atoms with van der Waals surface area (Å²) in [5.41, 5.74) is 2.83. The lowest BCUT2D eigenvalue weighted by Gasteiger charge is -2.44. The maximum atomic E-state index is 12.9. The highest BCUT2D eigenvalue weighted by atomic mass is 35.5. The highest BCUT2D eigenvalue weighted by molar-refractivity contribution is 7.17. The molecule has 5 heterocycles. The third kappa shape index (κ3) is 5.84. The van der Waals surface area contributed by atoms with Crippen LogP contribution in [-0.4, -0.2) is 71.1 Å². The number of fused-ring (bicyclic) bond motifs is 3. The molecule has 1 fully saturated rings. The quantitative estimate of drug-likeness (QED) is 0.284. The number of aromatic nitrogens is 3. The van der Waals surface area contributed by atoms with Crippen LogP contribution in [0.15, 0.2) is 48.8 Å². The number of halogens is 1. The summed E-state index contributed by atoms with van der Waals surface area (Å²) in [7, 11) is 1.56. The summed E-state index contributed by atoms with van der Waals surface area (Å²) in [6.07, 6.45) is 3.25. The first-order chi connectivity index (χ1) is 21.3. The normalized spacial score (nSPS) is 15.2. The first kappa shape index (κ1) is 29.2. The van der Waals surface area contributed by atoms with E-state index in [2.05, 4.69) is 32.4 Å². The number of amides is 2. The number of rotatable bonds is 6. The summed E-state index contributed by atoms with van der Waals surface area (Å²) < 4.78 is 11.6. The van der Waals surface area contributed by atoms with E-state index in [1.54, 1.807) is 37.3 Å². The molecule has 2 amide bonds. The minimum Gasteiger partial charge on any atom is -0.493 e. The Kier molecular flexibility index (Phi) is 8.23. The second kappa shape index (κ2) is 12.4. The number of pyridine rings is 2. The standard InChI is InChI=1S/C31H28ClN7O4S/c1-4-6-26(40)38-11-12-39-20(16-38)17-43-24-13-19(14-33-29(24)39)22-9-10-23(42-3)28(35-22)37-31-34-15-25(44-31)30(41)36-27-18(2)7-5-8-21(27)32/h5,7-10,13-15,20H,11-12,16-17H2,1-3H3,(H,36,41)(H,34,35,37)/t20-/m0/s1. The number of carbonyl (C=O) groups is 2. The van der Waals surface area contributed by atoms with Crippen molar-refractivity contribution < 1.29 is 19.1 Å². The Balaban J connectivity index is 1.19. The Labute approximate surface area is 263 Å². The third-order valence-electron chi connectivity index (χ3n) is 7.33. The van der Waals surface area contributed by atoms with E-state index in [1.165, 1.54) is 17.5 Å². The summed E-state index contributed by atoms with van der Waals surface area (Å²) in [6, 6.07) is 11.0. The number of nitrogens with zero attached hydrogens (tertiary/aromatic N) is 5. The number of benzene rings is 1. The number of thiazole rings is 1. The fourth-order valence-corrected chi connectivity index (χ4v) is 6.08. The molecule has 0 unspecified atom stereocenters. The van der Waals surface area contributed by atoms with Gasteiger partial charge in [-0.15, -0.1) is 0 Å². The molecule has 0 saturated carbocycles. The summed E-state index contributed by atoms with van der Waals surface area (Å²) in [4.78, 5) is 43.4. The van der Waals surface area contributed by atoms with Crippen molar-refractivity contribution in [2.45, 2.75) is 19.9 Å². The largest absolute Gasteiger partial charge is 0.493 e. The molecule has 1 aromatic carbocycles. The minimum atomic E-state index is -0.314. The van der Waals surface area contributed by atoms with Crippen molar-refractivity contribution in [2.75, 3.05) is 48.9 Å². The predicted molar refractivity (Wildman–Crippen MR) is 170 cm³/mol. The van der Waals surface area contributed by atoms with Crippen molar-refractivity contribution in [2.24, 2.45) is 0 Å². The molecule has 11 nitrogen and oxygen atoms in total.